The third kappa shape index (κ3) is 2.00. The number of anilines is 1. The van der Waals surface area contributed by atoms with Crippen LogP contribution in [0.15, 0.2) is 18.2 Å². The molecule has 0 aliphatic carbocycles. The van der Waals surface area contributed by atoms with E-state index in [0.717, 1.165) is 5.17 Å². The second kappa shape index (κ2) is 4.80. The highest BCUT2D eigenvalue weighted by atomic mass is 16.9. The average molecular weight is 254 g/mol. The molecule has 18 heavy (non-hydrogen) atoms. The molecule has 1 heterocycles. The standard InChI is InChI=1S/C10H10N2O6/c1-15-6-4-3-5-7(16-2)8(6)12-11-17-9(13)10(14)18-12/h3-5,11H,1-2H3. The van der Waals surface area contributed by atoms with E-state index in [1.165, 1.54) is 14.2 Å². The first-order valence-electron chi connectivity index (χ1n) is 4.87. The van der Waals surface area contributed by atoms with E-state index in [1.807, 2.05) is 0 Å². The Kier molecular flexibility index (Phi) is 3.20. The first kappa shape index (κ1) is 12.0. The molecule has 1 aliphatic rings. The van der Waals surface area contributed by atoms with Crippen molar-refractivity contribution in [1.82, 2.24) is 5.59 Å². The van der Waals surface area contributed by atoms with Crippen molar-refractivity contribution < 1.29 is 28.7 Å². The number of nitrogens with zero attached hydrogens (tertiary/aromatic N) is 1. The molecule has 0 spiro atoms. The third-order valence-electron chi connectivity index (χ3n) is 2.17. The highest BCUT2D eigenvalue weighted by Gasteiger charge is 2.32. The van der Waals surface area contributed by atoms with Crippen LogP contribution in [-0.2, 0) is 19.3 Å². The Morgan fingerprint density at radius 3 is 2.22 bits per heavy atom. The van der Waals surface area contributed by atoms with Gasteiger partial charge in [0.15, 0.2) is 17.2 Å². The van der Waals surface area contributed by atoms with Gasteiger partial charge in [0.2, 0.25) is 0 Å². The number of methoxy groups -OCH3 is 2. The van der Waals surface area contributed by atoms with Crippen molar-refractivity contribution in [2.45, 2.75) is 0 Å². The summed E-state index contributed by atoms with van der Waals surface area (Å²) in [6.45, 7) is 0. The van der Waals surface area contributed by atoms with Gasteiger partial charge >= 0.3 is 11.9 Å². The monoisotopic (exact) mass is 254 g/mol. The minimum Gasteiger partial charge on any atom is -0.494 e. The van der Waals surface area contributed by atoms with E-state index in [4.69, 9.17) is 14.3 Å². The van der Waals surface area contributed by atoms with Crippen LogP contribution in [0.5, 0.6) is 11.5 Å². The van der Waals surface area contributed by atoms with E-state index in [2.05, 4.69) is 10.4 Å². The van der Waals surface area contributed by atoms with Crippen LogP contribution in [-0.4, -0.2) is 26.2 Å². The number of rotatable bonds is 3. The minimum absolute atomic E-state index is 0.267. The maximum Gasteiger partial charge on any atom is 0.444 e. The molecule has 0 atom stereocenters. The van der Waals surface area contributed by atoms with Gasteiger partial charge in [-0.2, -0.15) is 0 Å². The molecule has 8 nitrogen and oxygen atoms in total. The molecule has 1 aliphatic heterocycles. The Hall–Kier alpha value is -2.48. The Labute approximate surface area is 102 Å². The summed E-state index contributed by atoms with van der Waals surface area (Å²) in [5, 5.41) is 0.849. The van der Waals surface area contributed by atoms with Crippen LogP contribution in [0.3, 0.4) is 0 Å². The maximum absolute atomic E-state index is 11.1. The van der Waals surface area contributed by atoms with Gasteiger partial charge in [-0.05, 0) is 17.7 Å². The molecule has 1 N–H and O–H groups in total. The van der Waals surface area contributed by atoms with Crippen LogP contribution in [0.4, 0.5) is 5.69 Å². The van der Waals surface area contributed by atoms with Crippen LogP contribution in [0, 0.1) is 0 Å². The molecule has 1 saturated heterocycles. The third-order valence-corrected chi connectivity index (χ3v) is 2.17. The number of nitrogens with one attached hydrogen (secondary N) is 1. The zero-order valence-corrected chi connectivity index (χ0v) is 9.63. The number of benzene rings is 1. The zero-order valence-electron chi connectivity index (χ0n) is 9.63. The molecule has 0 unspecified atom stereocenters. The lowest BCUT2D eigenvalue weighted by molar-refractivity contribution is -0.192. The van der Waals surface area contributed by atoms with Crippen LogP contribution in [0.25, 0.3) is 0 Å². The van der Waals surface area contributed by atoms with E-state index in [-0.39, 0.29) is 5.69 Å². The average Bonchev–Trinajstić information content (AvgIpc) is 2.41. The van der Waals surface area contributed by atoms with Crippen molar-refractivity contribution in [3.8, 4) is 11.5 Å². The molecule has 2 rings (SSSR count). The van der Waals surface area contributed by atoms with Crippen molar-refractivity contribution in [2.75, 3.05) is 19.4 Å². The summed E-state index contributed by atoms with van der Waals surface area (Å²) >= 11 is 0. The Morgan fingerprint density at radius 2 is 1.72 bits per heavy atom. The van der Waals surface area contributed by atoms with E-state index >= 15 is 0 Å². The van der Waals surface area contributed by atoms with Crippen molar-refractivity contribution in [3.05, 3.63) is 18.2 Å². The molecule has 96 valence electrons. The molecule has 0 amide bonds. The van der Waals surface area contributed by atoms with Gasteiger partial charge in [-0.3, -0.25) is 0 Å². The summed E-state index contributed by atoms with van der Waals surface area (Å²) < 4.78 is 10.2. The lowest BCUT2D eigenvalue weighted by atomic mass is 10.2. The Morgan fingerprint density at radius 1 is 1.11 bits per heavy atom. The summed E-state index contributed by atoms with van der Waals surface area (Å²) in [5.74, 6) is -1.55. The first-order chi connectivity index (χ1) is 8.67. The second-order valence-electron chi connectivity index (χ2n) is 3.17. The fraction of sp³-hybridized carbons (Fsp3) is 0.200. The number of hydrogen-bond acceptors (Lipinski definition) is 8. The van der Waals surface area contributed by atoms with Gasteiger partial charge in [0.05, 0.1) is 14.2 Å². The highest BCUT2D eigenvalue weighted by Crippen LogP contribution is 2.37. The second-order valence-corrected chi connectivity index (χ2v) is 3.17. The SMILES string of the molecule is COc1cccc(OC)c1N1NOC(=O)C(=O)O1. The predicted molar refractivity (Wildman–Crippen MR) is 57.3 cm³/mol. The van der Waals surface area contributed by atoms with E-state index < -0.39 is 11.9 Å². The molecular weight excluding hydrogens is 244 g/mol. The maximum atomic E-state index is 11.1. The largest absolute Gasteiger partial charge is 0.494 e. The fourth-order valence-corrected chi connectivity index (χ4v) is 1.39. The molecular formula is C10H10N2O6. The van der Waals surface area contributed by atoms with Gasteiger partial charge in [0.1, 0.15) is 0 Å². The van der Waals surface area contributed by atoms with Crippen LogP contribution in [0.1, 0.15) is 0 Å². The molecule has 1 fully saturated rings. The number of hydrogen-bond donors (Lipinski definition) is 1. The molecule has 0 bridgehead atoms. The quantitative estimate of drug-likeness (QED) is 0.751. The lowest BCUT2D eigenvalue weighted by Crippen LogP contribution is -2.49. The summed E-state index contributed by atoms with van der Waals surface area (Å²) in [6.07, 6.45) is 0. The van der Waals surface area contributed by atoms with Gasteiger partial charge in [-0.15, -0.1) is 0 Å². The van der Waals surface area contributed by atoms with E-state index in [9.17, 15) is 9.59 Å². The predicted octanol–water partition coefficient (Wildman–Crippen LogP) is -0.0552. The van der Waals surface area contributed by atoms with Crippen molar-refractivity contribution in [1.29, 1.82) is 0 Å². The number of ether oxygens (including phenoxy) is 2. The summed E-state index contributed by atoms with van der Waals surface area (Å²) in [4.78, 5) is 31.1. The fourth-order valence-electron chi connectivity index (χ4n) is 1.39. The van der Waals surface area contributed by atoms with Crippen LogP contribution < -0.4 is 20.2 Å². The lowest BCUT2D eigenvalue weighted by Gasteiger charge is -2.27. The van der Waals surface area contributed by atoms with Crippen molar-refractivity contribution in [2.24, 2.45) is 0 Å². The van der Waals surface area contributed by atoms with Gasteiger partial charge in [-0.25, -0.2) is 9.59 Å². The van der Waals surface area contributed by atoms with Crippen LogP contribution >= 0.6 is 0 Å². The molecule has 0 radical (unpaired) electrons. The molecule has 8 heteroatoms. The molecule has 0 saturated carbocycles. The summed E-state index contributed by atoms with van der Waals surface area (Å²) in [7, 11) is 2.88. The molecule has 0 aromatic heterocycles. The van der Waals surface area contributed by atoms with Gasteiger partial charge in [0.25, 0.3) is 0 Å². The topological polar surface area (TPSA) is 86.3 Å². The van der Waals surface area contributed by atoms with E-state index in [0.29, 0.717) is 11.5 Å². The van der Waals surface area contributed by atoms with Gasteiger partial charge in [-0.1, -0.05) is 11.2 Å². The van der Waals surface area contributed by atoms with Gasteiger partial charge < -0.3 is 19.1 Å². The van der Waals surface area contributed by atoms with E-state index in [1.54, 1.807) is 18.2 Å². The summed E-state index contributed by atoms with van der Waals surface area (Å²) in [5.41, 5.74) is 2.41. The smallest absolute Gasteiger partial charge is 0.444 e. The number of para-hydroxylation sites is 1. The van der Waals surface area contributed by atoms with Gasteiger partial charge in [0, 0.05) is 0 Å². The minimum atomic E-state index is -1.15. The number of carbonyl (C=O) groups is 2. The molecule has 1 aromatic rings. The number of hydrazine groups is 1. The highest BCUT2D eigenvalue weighted by molar-refractivity contribution is 6.30. The normalized spacial score (nSPS) is 14.9. The van der Waals surface area contributed by atoms with Crippen molar-refractivity contribution in [3.63, 3.8) is 0 Å². The first-order valence-corrected chi connectivity index (χ1v) is 4.87. The summed E-state index contributed by atoms with van der Waals surface area (Å²) in [6, 6.07) is 4.95. The zero-order chi connectivity index (χ0) is 13.1. The van der Waals surface area contributed by atoms with Crippen molar-refractivity contribution >= 4 is 17.6 Å². The number of carbonyl (C=O) groups excluding carboxylic acids is 2. The van der Waals surface area contributed by atoms with Crippen LogP contribution in [0.2, 0.25) is 0 Å². The Balaban J connectivity index is 2.37. The molecule has 1 aromatic carbocycles. The Bertz CT molecular complexity index is 467.